The van der Waals surface area contributed by atoms with Crippen LogP contribution in [0.5, 0.6) is 5.75 Å². The first-order chi connectivity index (χ1) is 13.8. The molecule has 4 rings (SSSR count). The highest BCUT2D eigenvalue weighted by Crippen LogP contribution is 2.53. The number of para-hydroxylation sites is 1. The molecule has 0 radical (unpaired) electrons. The summed E-state index contributed by atoms with van der Waals surface area (Å²) < 4.78 is 6.68. The number of carboxylic acid groups (broad SMARTS) is 1. The zero-order valence-electron chi connectivity index (χ0n) is 17.3. The number of anilines is 2. The van der Waals surface area contributed by atoms with Gasteiger partial charge in [-0.3, -0.25) is 9.79 Å². The van der Waals surface area contributed by atoms with E-state index < -0.39 is 11.7 Å². The van der Waals surface area contributed by atoms with Crippen molar-refractivity contribution in [2.24, 2.45) is 4.99 Å². The van der Waals surface area contributed by atoms with Crippen molar-refractivity contribution < 1.29 is 14.6 Å². The van der Waals surface area contributed by atoms with Gasteiger partial charge in [0, 0.05) is 37.6 Å². The number of aliphatic carboxylic acids is 1. The highest BCUT2D eigenvalue weighted by atomic mass is 16.5. The summed E-state index contributed by atoms with van der Waals surface area (Å²) in [6.45, 7) is 7.56. The van der Waals surface area contributed by atoms with E-state index in [4.69, 9.17) is 14.8 Å². The van der Waals surface area contributed by atoms with Crippen LogP contribution in [0, 0.1) is 0 Å². The SMILES string of the molecule is CCN(CCC(=O)O)c1ccc2c(c1)OC1(C=N2)N(C)c2ccccc2C1(C)C. The van der Waals surface area contributed by atoms with Gasteiger partial charge in [-0.25, -0.2) is 0 Å². The van der Waals surface area contributed by atoms with Gasteiger partial charge in [0.25, 0.3) is 0 Å². The number of ether oxygens (including phenoxy) is 1. The fraction of sp³-hybridized carbons (Fsp3) is 0.391. The van der Waals surface area contributed by atoms with E-state index in [1.165, 1.54) is 5.56 Å². The number of likely N-dealkylation sites (N-methyl/N-ethyl adjacent to an activating group) is 1. The molecule has 2 aliphatic heterocycles. The van der Waals surface area contributed by atoms with E-state index in [1.54, 1.807) is 0 Å². The fourth-order valence-electron chi connectivity index (χ4n) is 4.47. The molecule has 29 heavy (non-hydrogen) atoms. The number of fused-ring (bicyclic) bond motifs is 2. The van der Waals surface area contributed by atoms with Gasteiger partial charge in [-0.05, 0) is 44.5 Å². The van der Waals surface area contributed by atoms with Crippen LogP contribution in [0.2, 0.25) is 0 Å². The summed E-state index contributed by atoms with van der Waals surface area (Å²) in [4.78, 5) is 19.9. The number of carbonyl (C=O) groups is 1. The molecule has 2 aliphatic rings. The second-order valence-electron chi connectivity index (χ2n) is 8.13. The molecule has 0 bridgehead atoms. The molecule has 152 valence electrons. The van der Waals surface area contributed by atoms with Crippen LogP contribution < -0.4 is 14.5 Å². The molecule has 1 spiro atoms. The molecule has 0 aromatic heterocycles. The standard InChI is InChI=1S/C23H27N3O3/c1-5-26(13-12-21(27)28)16-10-11-18-20(14-16)29-23(15-24-18)22(2,3)17-8-6-7-9-19(17)25(23)4/h6-11,14-15H,5,12-13H2,1-4H3,(H,27,28). The smallest absolute Gasteiger partial charge is 0.305 e. The molecule has 0 fully saturated rings. The summed E-state index contributed by atoms with van der Waals surface area (Å²) >= 11 is 0. The van der Waals surface area contributed by atoms with Gasteiger partial charge >= 0.3 is 5.97 Å². The number of hydrogen-bond donors (Lipinski definition) is 1. The Morgan fingerprint density at radius 3 is 2.69 bits per heavy atom. The average Bonchev–Trinajstić information content (AvgIpc) is 2.87. The van der Waals surface area contributed by atoms with E-state index in [-0.39, 0.29) is 11.8 Å². The summed E-state index contributed by atoms with van der Waals surface area (Å²) in [5, 5.41) is 9.03. The van der Waals surface area contributed by atoms with E-state index in [0.29, 0.717) is 12.3 Å². The van der Waals surface area contributed by atoms with Gasteiger partial charge in [-0.2, -0.15) is 0 Å². The van der Waals surface area contributed by atoms with Crippen molar-refractivity contribution in [3.63, 3.8) is 0 Å². The molecule has 0 saturated carbocycles. The van der Waals surface area contributed by atoms with Crippen molar-refractivity contribution in [1.82, 2.24) is 0 Å². The average molecular weight is 393 g/mol. The molecular weight excluding hydrogens is 366 g/mol. The van der Waals surface area contributed by atoms with Crippen molar-refractivity contribution in [2.45, 2.75) is 38.3 Å². The Morgan fingerprint density at radius 2 is 2.00 bits per heavy atom. The van der Waals surface area contributed by atoms with Gasteiger partial charge in [0.15, 0.2) is 5.75 Å². The van der Waals surface area contributed by atoms with Gasteiger partial charge in [0.1, 0.15) is 5.69 Å². The summed E-state index contributed by atoms with van der Waals surface area (Å²) in [6, 6.07) is 14.2. The number of nitrogens with zero attached hydrogens (tertiary/aromatic N) is 3. The van der Waals surface area contributed by atoms with Crippen molar-refractivity contribution in [3.8, 4) is 5.75 Å². The van der Waals surface area contributed by atoms with Crippen LogP contribution in [0.4, 0.5) is 17.1 Å². The maximum atomic E-state index is 11.0. The van der Waals surface area contributed by atoms with Gasteiger partial charge in [-0.1, -0.05) is 18.2 Å². The van der Waals surface area contributed by atoms with E-state index in [2.05, 4.69) is 36.9 Å². The number of aliphatic imine (C=N–C) groups is 1. The lowest BCUT2D eigenvalue weighted by Gasteiger charge is -2.45. The normalized spacial score (nSPS) is 20.9. The zero-order valence-corrected chi connectivity index (χ0v) is 17.3. The molecule has 1 unspecified atom stereocenters. The molecule has 2 heterocycles. The highest BCUT2D eigenvalue weighted by Gasteiger charge is 2.58. The molecule has 0 amide bonds. The lowest BCUT2D eigenvalue weighted by molar-refractivity contribution is -0.136. The molecule has 6 heteroatoms. The molecule has 0 saturated heterocycles. The van der Waals surface area contributed by atoms with Crippen molar-refractivity contribution in [1.29, 1.82) is 0 Å². The third-order valence-corrected chi connectivity index (χ3v) is 6.26. The minimum absolute atomic E-state index is 0.0962. The molecule has 1 N–H and O–H groups in total. The summed E-state index contributed by atoms with van der Waals surface area (Å²) in [5.74, 6) is -0.0835. The second-order valence-corrected chi connectivity index (χ2v) is 8.13. The Hall–Kier alpha value is -3.02. The van der Waals surface area contributed by atoms with E-state index >= 15 is 0 Å². The Kier molecular flexibility index (Phi) is 4.52. The van der Waals surface area contributed by atoms with Crippen LogP contribution in [0.25, 0.3) is 0 Å². The van der Waals surface area contributed by atoms with Crippen molar-refractivity contribution >= 4 is 29.2 Å². The van der Waals surface area contributed by atoms with Crippen LogP contribution in [0.3, 0.4) is 0 Å². The molecule has 6 nitrogen and oxygen atoms in total. The number of rotatable bonds is 5. The first-order valence-corrected chi connectivity index (χ1v) is 9.98. The van der Waals surface area contributed by atoms with Crippen LogP contribution >= 0.6 is 0 Å². The fourth-order valence-corrected chi connectivity index (χ4v) is 4.47. The molecule has 0 aliphatic carbocycles. The second kappa shape index (κ2) is 6.79. The number of benzene rings is 2. The Balaban J connectivity index is 1.71. The maximum absolute atomic E-state index is 11.0. The maximum Gasteiger partial charge on any atom is 0.305 e. The third kappa shape index (κ3) is 2.85. The Morgan fingerprint density at radius 1 is 1.24 bits per heavy atom. The third-order valence-electron chi connectivity index (χ3n) is 6.26. The van der Waals surface area contributed by atoms with Gasteiger partial charge in [0.2, 0.25) is 5.72 Å². The summed E-state index contributed by atoms with van der Waals surface area (Å²) in [5.41, 5.74) is 3.07. The number of hydrogen-bond acceptors (Lipinski definition) is 5. The monoisotopic (exact) mass is 393 g/mol. The van der Waals surface area contributed by atoms with Crippen LogP contribution in [0.15, 0.2) is 47.5 Å². The zero-order chi connectivity index (χ0) is 20.8. The van der Waals surface area contributed by atoms with Crippen molar-refractivity contribution in [3.05, 3.63) is 48.0 Å². The molecule has 2 aromatic carbocycles. The van der Waals surface area contributed by atoms with Crippen LogP contribution in [-0.4, -0.2) is 43.2 Å². The number of carboxylic acids is 1. The summed E-state index contributed by atoms with van der Waals surface area (Å²) in [6.07, 6.45) is 2.01. The first kappa shape index (κ1) is 19.3. The minimum atomic E-state index is -0.798. The minimum Gasteiger partial charge on any atom is -0.481 e. The quantitative estimate of drug-likeness (QED) is 0.824. The highest BCUT2D eigenvalue weighted by molar-refractivity contribution is 5.88. The lowest BCUT2D eigenvalue weighted by atomic mass is 9.77. The first-order valence-electron chi connectivity index (χ1n) is 9.98. The summed E-state index contributed by atoms with van der Waals surface area (Å²) in [7, 11) is 2.04. The Labute approximate surface area is 171 Å². The van der Waals surface area contributed by atoms with Gasteiger partial charge in [-0.15, -0.1) is 0 Å². The van der Waals surface area contributed by atoms with E-state index in [9.17, 15) is 4.79 Å². The largest absolute Gasteiger partial charge is 0.481 e. The van der Waals surface area contributed by atoms with Crippen molar-refractivity contribution in [2.75, 3.05) is 29.9 Å². The van der Waals surface area contributed by atoms with E-state index in [1.807, 2.05) is 49.4 Å². The molecule has 2 aromatic rings. The Bertz CT molecular complexity index is 985. The predicted octanol–water partition coefficient (Wildman–Crippen LogP) is 4.21. The molecule has 1 atom stereocenters. The van der Waals surface area contributed by atoms with Crippen LogP contribution in [0.1, 0.15) is 32.8 Å². The van der Waals surface area contributed by atoms with E-state index in [0.717, 1.165) is 23.6 Å². The predicted molar refractivity (Wildman–Crippen MR) is 116 cm³/mol. The van der Waals surface area contributed by atoms with Gasteiger partial charge in [0.05, 0.1) is 18.1 Å². The topological polar surface area (TPSA) is 65.4 Å². The van der Waals surface area contributed by atoms with Gasteiger partial charge < -0.3 is 19.6 Å². The molecular formula is C23H27N3O3. The van der Waals surface area contributed by atoms with Crippen LogP contribution in [-0.2, 0) is 10.2 Å². The lowest BCUT2D eigenvalue weighted by Crippen LogP contribution is -2.61.